The van der Waals surface area contributed by atoms with Gasteiger partial charge in [-0.3, -0.25) is 4.74 Å². The molecule has 0 radical (unpaired) electrons. The first-order chi connectivity index (χ1) is 12.5. The van der Waals surface area contributed by atoms with Crippen molar-refractivity contribution in [2.75, 3.05) is 19.8 Å². The molecule has 4 nitrogen and oxygen atoms in total. The second-order valence-electron chi connectivity index (χ2n) is 5.93. The van der Waals surface area contributed by atoms with Crippen LogP contribution in [0.4, 0.5) is 43.9 Å². The van der Waals surface area contributed by atoms with Crippen molar-refractivity contribution >= 4 is 0 Å². The van der Waals surface area contributed by atoms with Crippen LogP contribution in [0, 0.1) is 0 Å². The Morgan fingerprint density at radius 3 is 1.93 bits per heavy atom. The van der Waals surface area contributed by atoms with Gasteiger partial charge in [-0.2, -0.15) is 43.9 Å². The monoisotopic (exact) mass is 440 g/mol. The van der Waals surface area contributed by atoms with Crippen molar-refractivity contribution < 1.29 is 62.9 Å². The Hall–Kier alpha value is -0.860. The van der Waals surface area contributed by atoms with E-state index in [0.717, 1.165) is 0 Å². The molecule has 1 rings (SSSR count). The number of hydrogen-bond donors (Lipinski definition) is 0. The van der Waals surface area contributed by atoms with Gasteiger partial charge >= 0.3 is 29.6 Å². The molecule has 1 aliphatic rings. The lowest BCUT2D eigenvalue weighted by atomic mass is 9.93. The van der Waals surface area contributed by atoms with Crippen LogP contribution in [-0.2, 0) is 18.9 Å². The summed E-state index contributed by atoms with van der Waals surface area (Å²) < 4.78 is 151. The SMILES string of the molecule is CCOC1OCC(OCCCC(F)(F)C(F)(F)C(F)(F)C(F)(F)C(C)(F)F)O1. The zero-order valence-electron chi connectivity index (χ0n) is 14.6. The Morgan fingerprint density at radius 2 is 1.43 bits per heavy atom. The van der Waals surface area contributed by atoms with Crippen LogP contribution < -0.4 is 0 Å². The largest absolute Gasteiger partial charge is 0.384 e. The maximum atomic E-state index is 13.5. The molecule has 0 spiro atoms. The summed E-state index contributed by atoms with van der Waals surface area (Å²) in [5.41, 5.74) is 0. The zero-order chi connectivity index (χ0) is 22.0. The molecule has 0 aromatic carbocycles. The summed E-state index contributed by atoms with van der Waals surface area (Å²) in [6.45, 7) is -0.984. The maximum Gasteiger partial charge on any atom is 0.384 e. The summed E-state index contributed by atoms with van der Waals surface area (Å²) in [7, 11) is 0. The Labute approximate surface area is 153 Å². The molecule has 168 valence electrons. The van der Waals surface area contributed by atoms with E-state index in [-0.39, 0.29) is 13.2 Å². The third kappa shape index (κ3) is 4.82. The van der Waals surface area contributed by atoms with Crippen LogP contribution in [0.15, 0.2) is 0 Å². The second kappa shape index (κ2) is 8.48. The number of rotatable bonds is 11. The van der Waals surface area contributed by atoms with Crippen LogP contribution >= 0.6 is 0 Å². The predicted octanol–water partition coefficient (Wildman–Crippen LogP) is 4.67. The minimum atomic E-state index is -7.02. The minimum absolute atomic E-state index is 0.201. The first-order valence-corrected chi connectivity index (χ1v) is 7.90. The van der Waals surface area contributed by atoms with Gasteiger partial charge in [0, 0.05) is 20.0 Å². The van der Waals surface area contributed by atoms with E-state index in [1.807, 2.05) is 0 Å². The highest BCUT2D eigenvalue weighted by Gasteiger charge is 2.84. The lowest BCUT2D eigenvalue weighted by Gasteiger charge is -2.38. The highest BCUT2D eigenvalue weighted by molar-refractivity contribution is 5.07. The van der Waals surface area contributed by atoms with Crippen LogP contribution in [0.2, 0.25) is 0 Å². The Kier molecular flexibility index (Phi) is 7.62. The fourth-order valence-electron chi connectivity index (χ4n) is 2.04. The van der Waals surface area contributed by atoms with E-state index in [1.165, 1.54) is 0 Å². The Morgan fingerprint density at radius 1 is 0.857 bits per heavy atom. The summed E-state index contributed by atoms with van der Waals surface area (Å²) in [5.74, 6) is -31.9. The molecule has 0 aromatic rings. The number of hydrogen-bond acceptors (Lipinski definition) is 4. The zero-order valence-corrected chi connectivity index (χ0v) is 14.6. The molecule has 1 aliphatic heterocycles. The fraction of sp³-hybridized carbons (Fsp3) is 1.00. The molecule has 0 bridgehead atoms. The van der Waals surface area contributed by atoms with Gasteiger partial charge in [0.1, 0.15) is 6.61 Å². The normalized spacial score (nSPS) is 22.7. The first-order valence-electron chi connectivity index (χ1n) is 7.90. The van der Waals surface area contributed by atoms with Crippen molar-refractivity contribution in [2.45, 2.75) is 69.1 Å². The molecule has 0 saturated carbocycles. The summed E-state index contributed by atoms with van der Waals surface area (Å²) in [6.07, 6.45) is -4.15. The van der Waals surface area contributed by atoms with E-state index >= 15 is 0 Å². The van der Waals surface area contributed by atoms with Gasteiger partial charge in [-0.25, -0.2) is 0 Å². The number of alkyl halides is 10. The van der Waals surface area contributed by atoms with E-state index < -0.39 is 68.8 Å². The average Bonchev–Trinajstić information content (AvgIpc) is 2.98. The smallest absolute Gasteiger partial charge is 0.350 e. The highest BCUT2D eigenvalue weighted by Crippen LogP contribution is 2.57. The van der Waals surface area contributed by atoms with Gasteiger partial charge in [-0.05, 0) is 13.3 Å². The minimum Gasteiger partial charge on any atom is -0.350 e. The van der Waals surface area contributed by atoms with Gasteiger partial charge in [-0.1, -0.05) is 0 Å². The molecule has 14 heteroatoms. The topological polar surface area (TPSA) is 36.9 Å². The quantitative estimate of drug-likeness (QED) is 0.346. The van der Waals surface area contributed by atoms with Crippen molar-refractivity contribution in [2.24, 2.45) is 0 Å². The molecular weight excluding hydrogens is 422 g/mol. The molecule has 0 aromatic heterocycles. The molecule has 28 heavy (non-hydrogen) atoms. The third-order valence-electron chi connectivity index (χ3n) is 3.67. The maximum absolute atomic E-state index is 13.5. The molecule has 0 N–H and O–H groups in total. The van der Waals surface area contributed by atoms with Crippen LogP contribution in [0.1, 0.15) is 26.7 Å². The molecule has 2 unspecified atom stereocenters. The third-order valence-corrected chi connectivity index (χ3v) is 3.67. The molecule has 1 saturated heterocycles. The van der Waals surface area contributed by atoms with Crippen molar-refractivity contribution in [1.29, 1.82) is 0 Å². The Balaban J connectivity index is 2.67. The van der Waals surface area contributed by atoms with Gasteiger partial charge in [0.05, 0.1) is 6.61 Å². The van der Waals surface area contributed by atoms with Gasteiger partial charge < -0.3 is 14.2 Å². The summed E-state index contributed by atoms with van der Waals surface area (Å²) in [5, 5.41) is 0. The Bertz CT molecular complexity index is 509. The van der Waals surface area contributed by atoms with Gasteiger partial charge in [-0.15, -0.1) is 0 Å². The summed E-state index contributed by atoms with van der Waals surface area (Å²) in [4.78, 5) is 0. The van der Waals surface area contributed by atoms with Crippen molar-refractivity contribution in [1.82, 2.24) is 0 Å². The lowest BCUT2D eigenvalue weighted by Crippen LogP contribution is -2.66. The predicted molar refractivity (Wildman–Crippen MR) is 71.8 cm³/mol. The van der Waals surface area contributed by atoms with Crippen molar-refractivity contribution in [3.8, 4) is 0 Å². The number of halogens is 10. The average molecular weight is 440 g/mol. The molecule has 1 heterocycles. The second-order valence-corrected chi connectivity index (χ2v) is 5.93. The molecule has 1 fully saturated rings. The standard InChI is InChI=1S/C14H18F10O4/c1-3-25-9-27-7-8(28-9)26-6-4-5-11(17,18)13(21,22)14(23,24)12(19,20)10(2,15)16/h8-9H,3-7H2,1-2H3. The van der Waals surface area contributed by atoms with Crippen LogP contribution in [0.3, 0.4) is 0 Å². The van der Waals surface area contributed by atoms with Crippen molar-refractivity contribution in [3.63, 3.8) is 0 Å². The fourth-order valence-corrected chi connectivity index (χ4v) is 2.04. The van der Waals surface area contributed by atoms with Gasteiger partial charge in [0.2, 0.25) is 0 Å². The van der Waals surface area contributed by atoms with Crippen LogP contribution in [-0.4, -0.2) is 62.2 Å². The van der Waals surface area contributed by atoms with Gasteiger partial charge in [0.25, 0.3) is 6.48 Å². The van der Waals surface area contributed by atoms with Crippen LogP contribution in [0.25, 0.3) is 0 Å². The van der Waals surface area contributed by atoms with E-state index in [0.29, 0.717) is 0 Å². The van der Waals surface area contributed by atoms with Crippen LogP contribution in [0.5, 0.6) is 0 Å². The van der Waals surface area contributed by atoms with E-state index in [1.54, 1.807) is 6.92 Å². The molecule has 0 amide bonds. The van der Waals surface area contributed by atoms with E-state index in [2.05, 4.69) is 0 Å². The molecular formula is C14H18F10O4. The van der Waals surface area contributed by atoms with E-state index in [9.17, 15) is 43.9 Å². The lowest BCUT2D eigenvalue weighted by molar-refractivity contribution is -0.399. The number of ether oxygens (including phenoxy) is 4. The summed E-state index contributed by atoms with van der Waals surface area (Å²) in [6, 6.07) is 0. The van der Waals surface area contributed by atoms with E-state index in [4.69, 9.17) is 18.9 Å². The van der Waals surface area contributed by atoms with Gasteiger partial charge in [0.15, 0.2) is 6.29 Å². The summed E-state index contributed by atoms with van der Waals surface area (Å²) >= 11 is 0. The van der Waals surface area contributed by atoms with Crippen molar-refractivity contribution in [3.05, 3.63) is 0 Å². The highest BCUT2D eigenvalue weighted by atomic mass is 19.4. The first kappa shape index (κ1) is 25.2. The molecule has 2 atom stereocenters. The molecule has 0 aliphatic carbocycles.